The van der Waals surface area contributed by atoms with Crippen LogP contribution in [0, 0.1) is 0 Å². The molecule has 0 radical (unpaired) electrons. The number of amides is 1. The summed E-state index contributed by atoms with van der Waals surface area (Å²) in [5, 5.41) is 5.66. The van der Waals surface area contributed by atoms with Crippen LogP contribution >= 0.6 is 11.3 Å². The first kappa shape index (κ1) is 18.8. The molecule has 0 spiro atoms. The first-order valence-corrected chi connectivity index (χ1v) is 9.70. The van der Waals surface area contributed by atoms with Gasteiger partial charge < -0.3 is 9.88 Å². The smallest absolute Gasteiger partial charge is 0.324 e. The number of carbonyl (C=O) groups is 1. The van der Waals surface area contributed by atoms with Gasteiger partial charge in [0.2, 0.25) is 5.91 Å². The third-order valence-corrected chi connectivity index (χ3v) is 5.62. The largest absolute Gasteiger partial charge is 0.332 e. The van der Waals surface area contributed by atoms with E-state index in [0.717, 1.165) is 15.1 Å². The summed E-state index contributed by atoms with van der Waals surface area (Å²) < 4.78 is 3.77. The molecular formula is C19H18N6O3S. The van der Waals surface area contributed by atoms with E-state index in [1.165, 1.54) is 29.6 Å². The highest BCUT2D eigenvalue weighted by Crippen LogP contribution is 2.24. The van der Waals surface area contributed by atoms with E-state index >= 15 is 0 Å². The molecule has 29 heavy (non-hydrogen) atoms. The highest BCUT2D eigenvalue weighted by atomic mass is 32.1. The summed E-state index contributed by atoms with van der Waals surface area (Å²) in [4.78, 5) is 45.8. The lowest BCUT2D eigenvalue weighted by atomic mass is 10.2. The first-order valence-electron chi connectivity index (χ1n) is 8.82. The number of nitrogens with one attached hydrogen (secondary N) is 1. The zero-order valence-electron chi connectivity index (χ0n) is 16.0. The van der Waals surface area contributed by atoms with E-state index in [1.807, 2.05) is 17.5 Å². The van der Waals surface area contributed by atoms with Crippen LogP contribution in [0.4, 0.5) is 5.69 Å². The molecule has 1 aromatic carbocycles. The van der Waals surface area contributed by atoms with E-state index in [0.29, 0.717) is 5.69 Å². The molecule has 0 fully saturated rings. The van der Waals surface area contributed by atoms with Crippen molar-refractivity contribution in [2.45, 2.75) is 13.0 Å². The number of aryl methyl sites for hydroxylation is 1. The molecule has 9 nitrogen and oxygen atoms in total. The Morgan fingerprint density at radius 1 is 1.10 bits per heavy atom. The van der Waals surface area contributed by atoms with Gasteiger partial charge in [-0.25, -0.2) is 14.8 Å². The molecule has 1 N–H and O–H groups in total. The predicted octanol–water partition coefficient (Wildman–Crippen LogP) is 1.76. The zero-order valence-corrected chi connectivity index (χ0v) is 16.8. The van der Waals surface area contributed by atoms with Gasteiger partial charge in [0, 0.05) is 36.9 Å². The number of carbonyl (C=O) groups excluding carboxylic acids is 1. The molecule has 0 aliphatic carbocycles. The minimum atomic E-state index is -0.705. The number of rotatable bonds is 4. The van der Waals surface area contributed by atoms with E-state index in [4.69, 9.17) is 0 Å². The maximum atomic E-state index is 12.8. The van der Waals surface area contributed by atoms with Gasteiger partial charge in [-0.15, -0.1) is 11.3 Å². The number of aromatic nitrogens is 5. The molecule has 0 saturated heterocycles. The SMILES string of the molecule is CC(C(=O)Nc1ccc(-c2nccs2)cc1)n1cnc2c1c(=O)n(C)c(=O)n2C. The average Bonchev–Trinajstić information content (AvgIpc) is 3.41. The second-order valence-corrected chi connectivity index (χ2v) is 7.50. The first-order chi connectivity index (χ1) is 13.9. The lowest BCUT2D eigenvalue weighted by Gasteiger charge is -2.15. The van der Waals surface area contributed by atoms with E-state index in [2.05, 4.69) is 15.3 Å². The quantitative estimate of drug-likeness (QED) is 0.552. The van der Waals surface area contributed by atoms with Gasteiger partial charge in [-0.3, -0.25) is 18.7 Å². The molecule has 148 valence electrons. The van der Waals surface area contributed by atoms with Crippen LogP contribution in [0.5, 0.6) is 0 Å². The number of hydrogen-bond donors (Lipinski definition) is 1. The Bertz CT molecular complexity index is 1320. The second-order valence-electron chi connectivity index (χ2n) is 6.61. The molecule has 1 unspecified atom stereocenters. The van der Waals surface area contributed by atoms with Crippen LogP contribution in [-0.2, 0) is 18.9 Å². The lowest BCUT2D eigenvalue weighted by molar-refractivity contribution is -0.118. The minimum Gasteiger partial charge on any atom is -0.324 e. The van der Waals surface area contributed by atoms with Crippen molar-refractivity contribution in [3.8, 4) is 10.6 Å². The second kappa shape index (κ2) is 7.13. The van der Waals surface area contributed by atoms with Crippen LogP contribution in [0.2, 0.25) is 0 Å². The monoisotopic (exact) mass is 410 g/mol. The van der Waals surface area contributed by atoms with Crippen molar-refractivity contribution in [1.29, 1.82) is 0 Å². The third-order valence-electron chi connectivity index (χ3n) is 4.80. The molecule has 1 atom stereocenters. The van der Waals surface area contributed by atoms with Gasteiger partial charge in [0.25, 0.3) is 5.56 Å². The van der Waals surface area contributed by atoms with Gasteiger partial charge in [-0.05, 0) is 31.2 Å². The molecule has 0 aliphatic rings. The Kier molecular flexibility index (Phi) is 4.63. The Hall–Kier alpha value is -3.53. The van der Waals surface area contributed by atoms with Crippen LogP contribution < -0.4 is 16.6 Å². The fourth-order valence-corrected chi connectivity index (χ4v) is 3.74. The van der Waals surface area contributed by atoms with E-state index in [9.17, 15) is 14.4 Å². The number of nitrogens with zero attached hydrogens (tertiary/aromatic N) is 5. The maximum absolute atomic E-state index is 12.8. The van der Waals surface area contributed by atoms with Crippen LogP contribution in [0.1, 0.15) is 13.0 Å². The zero-order chi connectivity index (χ0) is 20.7. The minimum absolute atomic E-state index is 0.205. The van der Waals surface area contributed by atoms with E-state index in [-0.39, 0.29) is 17.1 Å². The Morgan fingerprint density at radius 3 is 2.48 bits per heavy atom. The third kappa shape index (κ3) is 3.17. The summed E-state index contributed by atoms with van der Waals surface area (Å²) in [7, 11) is 2.94. The maximum Gasteiger partial charge on any atom is 0.332 e. The topological polar surface area (TPSA) is 104 Å². The van der Waals surface area contributed by atoms with Crippen molar-refractivity contribution in [2.24, 2.45) is 14.1 Å². The molecule has 3 heterocycles. The number of thiazole rings is 1. The van der Waals surface area contributed by atoms with Crippen molar-refractivity contribution in [3.63, 3.8) is 0 Å². The Labute approximate surface area is 168 Å². The van der Waals surface area contributed by atoms with Crippen molar-refractivity contribution >= 4 is 34.1 Å². The Morgan fingerprint density at radius 2 is 1.83 bits per heavy atom. The molecule has 10 heteroatoms. The van der Waals surface area contributed by atoms with Gasteiger partial charge in [-0.1, -0.05) is 0 Å². The van der Waals surface area contributed by atoms with Crippen LogP contribution in [0.15, 0.2) is 51.8 Å². The average molecular weight is 410 g/mol. The Balaban J connectivity index is 1.62. The fourth-order valence-electron chi connectivity index (χ4n) is 3.09. The molecule has 1 amide bonds. The summed E-state index contributed by atoms with van der Waals surface area (Å²) in [6.07, 6.45) is 3.15. The molecule has 4 aromatic rings. The molecule has 0 bridgehead atoms. The number of imidazole rings is 1. The number of anilines is 1. The molecule has 0 saturated carbocycles. The van der Waals surface area contributed by atoms with Crippen LogP contribution in [0.3, 0.4) is 0 Å². The lowest BCUT2D eigenvalue weighted by Crippen LogP contribution is -2.38. The van der Waals surface area contributed by atoms with Gasteiger partial charge >= 0.3 is 5.69 Å². The van der Waals surface area contributed by atoms with Crippen molar-refractivity contribution < 1.29 is 4.79 Å². The van der Waals surface area contributed by atoms with Gasteiger partial charge in [-0.2, -0.15) is 0 Å². The van der Waals surface area contributed by atoms with E-state index < -0.39 is 17.3 Å². The fraction of sp³-hybridized carbons (Fsp3) is 0.211. The number of fused-ring (bicyclic) bond motifs is 1. The van der Waals surface area contributed by atoms with Gasteiger partial charge in [0.05, 0.1) is 6.33 Å². The highest BCUT2D eigenvalue weighted by molar-refractivity contribution is 7.13. The summed E-state index contributed by atoms with van der Waals surface area (Å²) in [5.41, 5.74) is 1.09. The predicted molar refractivity (Wildman–Crippen MR) is 111 cm³/mol. The number of benzene rings is 1. The van der Waals surface area contributed by atoms with Gasteiger partial charge in [0.1, 0.15) is 11.0 Å². The summed E-state index contributed by atoms with van der Waals surface area (Å²) >= 11 is 1.54. The molecular weight excluding hydrogens is 392 g/mol. The van der Waals surface area contributed by atoms with Gasteiger partial charge in [0.15, 0.2) is 11.2 Å². The summed E-state index contributed by atoms with van der Waals surface area (Å²) in [6, 6.07) is 6.67. The molecule has 4 rings (SSSR count). The highest BCUT2D eigenvalue weighted by Gasteiger charge is 2.22. The van der Waals surface area contributed by atoms with Crippen molar-refractivity contribution in [1.82, 2.24) is 23.7 Å². The van der Waals surface area contributed by atoms with E-state index in [1.54, 1.807) is 36.6 Å². The van der Waals surface area contributed by atoms with Crippen molar-refractivity contribution in [2.75, 3.05) is 5.32 Å². The molecule has 3 aromatic heterocycles. The summed E-state index contributed by atoms with van der Waals surface area (Å²) in [5.74, 6) is -0.304. The normalized spacial score (nSPS) is 12.2. The number of hydrogen-bond acceptors (Lipinski definition) is 6. The standard InChI is InChI=1S/C19H18N6O3S/c1-11(25-10-21-15-14(25)18(27)24(3)19(28)23(15)2)16(26)22-13-6-4-12(5-7-13)17-20-8-9-29-17/h4-11H,1-3H3,(H,22,26). The summed E-state index contributed by atoms with van der Waals surface area (Å²) in [6.45, 7) is 1.67. The van der Waals surface area contributed by atoms with Crippen LogP contribution in [-0.4, -0.2) is 29.6 Å². The van der Waals surface area contributed by atoms with Crippen molar-refractivity contribution in [3.05, 3.63) is 63.0 Å². The molecule has 0 aliphatic heterocycles. The van der Waals surface area contributed by atoms with Crippen LogP contribution in [0.25, 0.3) is 21.7 Å².